The highest BCUT2D eigenvalue weighted by molar-refractivity contribution is 5.54. The van der Waals surface area contributed by atoms with Crippen LogP contribution in [-0.2, 0) is 6.42 Å². The maximum Gasteiger partial charge on any atom is 0.203 e. The molecule has 0 aliphatic carbocycles. The van der Waals surface area contributed by atoms with Gasteiger partial charge < -0.3 is 19.9 Å². The number of ether oxygens (including phenoxy) is 3. The molecule has 21 heavy (non-hydrogen) atoms. The van der Waals surface area contributed by atoms with Crippen molar-refractivity contribution < 1.29 is 14.2 Å². The van der Waals surface area contributed by atoms with Crippen molar-refractivity contribution in [2.45, 2.75) is 39.2 Å². The van der Waals surface area contributed by atoms with E-state index in [-0.39, 0.29) is 6.04 Å². The molecule has 2 N–H and O–H groups in total. The summed E-state index contributed by atoms with van der Waals surface area (Å²) >= 11 is 0. The summed E-state index contributed by atoms with van der Waals surface area (Å²) in [5.74, 6) is 7.75. The zero-order valence-corrected chi connectivity index (χ0v) is 13.4. The van der Waals surface area contributed by atoms with Gasteiger partial charge in [0.15, 0.2) is 11.5 Å². The average Bonchev–Trinajstić information content (AvgIpc) is 2.51. The van der Waals surface area contributed by atoms with Crippen LogP contribution in [-0.4, -0.2) is 26.9 Å². The Morgan fingerprint density at radius 3 is 2.29 bits per heavy atom. The van der Waals surface area contributed by atoms with Gasteiger partial charge in [-0.25, -0.2) is 0 Å². The van der Waals surface area contributed by atoms with Gasteiger partial charge in [-0.15, -0.1) is 11.8 Å². The van der Waals surface area contributed by atoms with Crippen LogP contribution in [0.25, 0.3) is 0 Å². The highest BCUT2D eigenvalue weighted by atomic mass is 16.5. The Hall–Kier alpha value is -1.86. The molecule has 0 amide bonds. The highest BCUT2D eigenvalue weighted by Crippen LogP contribution is 2.38. The fraction of sp³-hybridized carbons (Fsp3) is 0.529. The second-order valence-corrected chi connectivity index (χ2v) is 4.73. The Morgan fingerprint density at radius 2 is 1.81 bits per heavy atom. The van der Waals surface area contributed by atoms with Crippen molar-refractivity contribution in [2.75, 3.05) is 20.8 Å². The Kier molecular flexibility index (Phi) is 7.49. The van der Waals surface area contributed by atoms with Crippen molar-refractivity contribution >= 4 is 0 Å². The number of hydrogen-bond acceptors (Lipinski definition) is 4. The first-order valence-electron chi connectivity index (χ1n) is 7.19. The summed E-state index contributed by atoms with van der Waals surface area (Å²) in [4.78, 5) is 0. The molecule has 1 aromatic rings. The van der Waals surface area contributed by atoms with Crippen molar-refractivity contribution in [3.8, 4) is 29.1 Å². The molecule has 0 heterocycles. The van der Waals surface area contributed by atoms with E-state index in [1.807, 2.05) is 19.1 Å². The van der Waals surface area contributed by atoms with Crippen molar-refractivity contribution in [2.24, 2.45) is 5.73 Å². The average molecular weight is 291 g/mol. The monoisotopic (exact) mass is 291 g/mol. The van der Waals surface area contributed by atoms with Gasteiger partial charge in [0.2, 0.25) is 5.75 Å². The Morgan fingerprint density at radius 1 is 1.19 bits per heavy atom. The molecule has 1 unspecified atom stereocenters. The van der Waals surface area contributed by atoms with Crippen LogP contribution < -0.4 is 19.9 Å². The summed E-state index contributed by atoms with van der Waals surface area (Å²) in [5.41, 5.74) is 7.09. The lowest BCUT2D eigenvalue weighted by molar-refractivity contribution is 0.280. The summed E-state index contributed by atoms with van der Waals surface area (Å²) in [6.07, 6.45) is 2.38. The smallest absolute Gasteiger partial charge is 0.203 e. The number of rotatable bonds is 8. The fourth-order valence-electron chi connectivity index (χ4n) is 1.97. The maximum absolute atomic E-state index is 6.01. The summed E-state index contributed by atoms with van der Waals surface area (Å²) < 4.78 is 16.6. The predicted molar refractivity (Wildman–Crippen MR) is 85.1 cm³/mol. The van der Waals surface area contributed by atoms with Crippen molar-refractivity contribution in [1.82, 2.24) is 0 Å². The first-order valence-corrected chi connectivity index (χ1v) is 7.19. The standard InChI is InChI=1S/C17H25NO3/c1-5-7-8-9-21-17-15(19-3)11-13(10-14(18)6-2)12-16(17)20-4/h11-12,14H,6,8-10,18H2,1-4H3. The zero-order valence-electron chi connectivity index (χ0n) is 13.4. The quantitative estimate of drug-likeness (QED) is 0.591. The van der Waals surface area contributed by atoms with Gasteiger partial charge in [0.1, 0.15) is 0 Å². The van der Waals surface area contributed by atoms with Crippen LogP contribution in [0.3, 0.4) is 0 Å². The molecule has 1 rings (SSSR count). The van der Waals surface area contributed by atoms with Crippen LogP contribution in [0.4, 0.5) is 0 Å². The molecule has 0 spiro atoms. The molecule has 0 aliphatic rings. The van der Waals surface area contributed by atoms with Gasteiger partial charge in [-0.2, -0.15) is 0 Å². The number of benzene rings is 1. The van der Waals surface area contributed by atoms with Crippen LogP contribution in [0.1, 0.15) is 32.3 Å². The number of nitrogens with two attached hydrogens (primary N) is 1. The van der Waals surface area contributed by atoms with Gasteiger partial charge in [-0.1, -0.05) is 6.92 Å². The molecule has 0 saturated carbocycles. The molecule has 0 saturated heterocycles. The minimum absolute atomic E-state index is 0.131. The van der Waals surface area contributed by atoms with Crippen LogP contribution in [0, 0.1) is 11.8 Å². The minimum atomic E-state index is 0.131. The van der Waals surface area contributed by atoms with E-state index in [9.17, 15) is 0 Å². The first-order chi connectivity index (χ1) is 10.2. The fourth-order valence-corrected chi connectivity index (χ4v) is 1.97. The Labute approximate surface area is 127 Å². The van der Waals surface area contributed by atoms with Crippen LogP contribution in [0.15, 0.2) is 12.1 Å². The molecule has 1 atom stereocenters. The van der Waals surface area contributed by atoms with Crippen molar-refractivity contribution in [1.29, 1.82) is 0 Å². The largest absolute Gasteiger partial charge is 0.493 e. The minimum Gasteiger partial charge on any atom is -0.493 e. The van der Waals surface area contributed by atoms with Crippen LogP contribution in [0.5, 0.6) is 17.2 Å². The summed E-state index contributed by atoms with van der Waals surface area (Å²) in [7, 11) is 3.24. The highest BCUT2D eigenvalue weighted by Gasteiger charge is 2.15. The lowest BCUT2D eigenvalue weighted by Gasteiger charge is -2.17. The second-order valence-electron chi connectivity index (χ2n) is 4.73. The van der Waals surface area contributed by atoms with E-state index in [0.717, 1.165) is 18.4 Å². The zero-order chi connectivity index (χ0) is 15.7. The summed E-state index contributed by atoms with van der Waals surface area (Å²) in [5, 5.41) is 0. The van der Waals surface area contributed by atoms with Gasteiger partial charge >= 0.3 is 0 Å². The van der Waals surface area contributed by atoms with E-state index in [2.05, 4.69) is 18.8 Å². The maximum atomic E-state index is 6.01. The molecule has 0 aliphatic heterocycles. The lowest BCUT2D eigenvalue weighted by atomic mass is 10.0. The number of methoxy groups -OCH3 is 2. The second kappa shape index (κ2) is 9.15. The summed E-state index contributed by atoms with van der Waals surface area (Å²) in [6.45, 7) is 4.39. The molecule has 4 heteroatoms. The molecule has 4 nitrogen and oxygen atoms in total. The van der Waals surface area contributed by atoms with E-state index in [1.165, 1.54) is 0 Å². The van der Waals surface area contributed by atoms with Crippen molar-refractivity contribution in [3.05, 3.63) is 17.7 Å². The third-order valence-corrected chi connectivity index (χ3v) is 3.19. The van der Waals surface area contributed by atoms with Crippen LogP contribution >= 0.6 is 0 Å². The molecule has 116 valence electrons. The van der Waals surface area contributed by atoms with Gasteiger partial charge in [0.25, 0.3) is 0 Å². The SMILES string of the molecule is CC#CCCOc1c(OC)cc(CC(N)CC)cc1OC. The third kappa shape index (κ3) is 5.20. The van der Waals surface area contributed by atoms with Crippen molar-refractivity contribution in [3.63, 3.8) is 0 Å². The predicted octanol–water partition coefficient (Wildman–Crippen LogP) is 2.78. The lowest BCUT2D eigenvalue weighted by Crippen LogP contribution is -2.21. The first kappa shape index (κ1) is 17.2. The molecule has 0 aromatic heterocycles. The molecule has 0 bridgehead atoms. The van der Waals surface area contributed by atoms with E-state index < -0.39 is 0 Å². The van der Waals surface area contributed by atoms with E-state index in [4.69, 9.17) is 19.9 Å². The van der Waals surface area contributed by atoms with Gasteiger partial charge in [0, 0.05) is 12.5 Å². The third-order valence-electron chi connectivity index (χ3n) is 3.19. The van der Waals surface area contributed by atoms with E-state index in [0.29, 0.717) is 30.3 Å². The van der Waals surface area contributed by atoms with Gasteiger partial charge in [0.05, 0.1) is 20.8 Å². The van der Waals surface area contributed by atoms with E-state index >= 15 is 0 Å². The van der Waals surface area contributed by atoms with Gasteiger partial charge in [-0.05, 0) is 37.5 Å². The molecular weight excluding hydrogens is 266 g/mol. The molecule has 0 fully saturated rings. The van der Waals surface area contributed by atoms with Crippen LogP contribution in [0.2, 0.25) is 0 Å². The topological polar surface area (TPSA) is 53.7 Å². The molecule has 0 radical (unpaired) electrons. The Balaban J connectivity index is 2.96. The number of hydrogen-bond donors (Lipinski definition) is 1. The molecule has 1 aromatic carbocycles. The summed E-state index contributed by atoms with van der Waals surface area (Å²) in [6, 6.07) is 4.04. The molecular formula is C17H25NO3. The van der Waals surface area contributed by atoms with E-state index in [1.54, 1.807) is 14.2 Å². The normalized spacial score (nSPS) is 11.3. The Bertz CT molecular complexity index is 477. The van der Waals surface area contributed by atoms with Gasteiger partial charge in [-0.3, -0.25) is 0 Å².